The largest absolute Gasteiger partial charge is 0.293 e. The van der Waals surface area contributed by atoms with Crippen molar-refractivity contribution in [2.24, 2.45) is 7.05 Å². The monoisotopic (exact) mass is 235 g/mol. The van der Waals surface area contributed by atoms with Gasteiger partial charge in [-0.1, -0.05) is 6.92 Å². The van der Waals surface area contributed by atoms with Crippen LogP contribution in [0.3, 0.4) is 0 Å². The van der Waals surface area contributed by atoms with Crippen LogP contribution in [0.4, 0.5) is 0 Å². The molecule has 2 heterocycles. The fourth-order valence-corrected chi connectivity index (χ4v) is 2.50. The fourth-order valence-electron chi connectivity index (χ4n) is 1.56. The number of nitrogens with zero attached hydrogens (tertiary/aromatic N) is 3. The number of aryl methyl sites for hydroxylation is 2. The van der Waals surface area contributed by atoms with Crippen molar-refractivity contribution in [3.05, 3.63) is 34.0 Å². The van der Waals surface area contributed by atoms with Crippen molar-refractivity contribution in [2.75, 3.05) is 0 Å². The van der Waals surface area contributed by atoms with E-state index in [0.29, 0.717) is 12.2 Å². The summed E-state index contributed by atoms with van der Waals surface area (Å²) in [6.45, 7) is 2.06. The summed E-state index contributed by atoms with van der Waals surface area (Å²) in [5.74, 6) is 0.836. The molecule has 4 nitrogen and oxygen atoms in total. The van der Waals surface area contributed by atoms with Crippen LogP contribution < -0.4 is 0 Å². The number of hydrogen-bond donors (Lipinski definition) is 0. The third-order valence-corrected chi connectivity index (χ3v) is 3.50. The van der Waals surface area contributed by atoms with Gasteiger partial charge in [0, 0.05) is 7.05 Å². The molecule has 16 heavy (non-hydrogen) atoms. The topological polar surface area (TPSA) is 47.8 Å². The van der Waals surface area contributed by atoms with E-state index in [1.165, 1.54) is 17.7 Å². The van der Waals surface area contributed by atoms with Crippen LogP contribution in [0.2, 0.25) is 0 Å². The van der Waals surface area contributed by atoms with Gasteiger partial charge < -0.3 is 0 Å². The maximum absolute atomic E-state index is 12.0. The Hall–Kier alpha value is -1.49. The molecule has 0 spiro atoms. The first-order valence-electron chi connectivity index (χ1n) is 5.14. The lowest BCUT2D eigenvalue weighted by Gasteiger charge is -2.00. The zero-order chi connectivity index (χ0) is 11.5. The minimum atomic E-state index is 0.128. The predicted molar refractivity (Wildman–Crippen MR) is 62.7 cm³/mol. The van der Waals surface area contributed by atoms with Crippen molar-refractivity contribution in [3.63, 3.8) is 0 Å². The molecule has 2 rings (SSSR count). The maximum Gasteiger partial charge on any atom is 0.180 e. The highest BCUT2D eigenvalue weighted by atomic mass is 32.1. The van der Waals surface area contributed by atoms with E-state index in [-0.39, 0.29) is 5.78 Å². The molecular formula is C11H13N3OS. The molecule has 0 N–H and O–H groups in total. The summed E-state index contributed by atoms with van der Waals surface area (Å²) in [6, 6.07) is 2.01. The molecule has 0 aliphatic rings. The highest BCUT2D eigenvalue weighted by Gasteiger charge is 2.14. The molecule has 5 heteroatoms. The minimum absolute atomic E-state index is 0.128. The van der Waals surface area contributed by atoms with Gasteiger partial charge in [0.25, 0.3) is 0 Å². The predicted octanol–water partition coefficient (Wildman–Crippen LogP) is 1.86. The van der Waals surface area contributed by atoms with Crippen LogP contribution in [0, 0.1) is 0 Å². The molecule has 0 aromatic carbocycles. The van der Waals surface area contributed by atoms with Crippen LogP contribution in [0.15, 0.2) is 17.8 Å². The van der Waals surface area contributed by atoms with E-state index in [9.17, 15) is 4.79 Å². The van der Waals surface area contributed by atoms with E-state index in [1.54, 1.807) is 11.7 Å². The lowest BCUT2D eigenvalue weighted by atomic mass is 10.1. The van der Waals surface area contributed by atoms with Gasteiger partial charge in [0.05, 0.1) is 11.3 Å². The maximum atomic E-state index is 12.0. The van der Waals surface area contributed by atoms with Gasteiger partial charge in [0.15, 0.2) is 5.78 Å². The van der Waals surface area contributed by atoms with Crippen molar-refractivity contribution in [1.82, 2.24) is 14.8 Å². The van der Waals surface area contributed by atoms with Gasteiger partial charge in [-0.15, -0.1) is 11.3 Å². The molecule has 0 bridgehead atoms. The van der Waals surface area contributed by atoms with Gasteiger partial charge >= 0.3 is 0 Å². The van der Waals surface area contributed by atoms with Gasteiger partial charge in [-0.05, 0) is 23.4 Å². The second-order valence-electron chi connectivity index (χ2n) is 3.53. The number of aromatic nitrogens is 3. The molecule has 84 valence electrons. The summed E-state index contributed by atoms with van der Waals surface area (Å²) in [4.78, 5) is 16.9. The smallest absolute Gasteiger partial charge is 0.180 e. The summed E-state index contributed by atoms with van der Waals surface area (Å²) in [6.07, 6.45) is 2.69. The number of rotatable bonds is 4. The van der Waals surface area contributed by atoms with E-state index in [1.807, 2.05) is 11.4 Å². The summed E-state index contributed by atoms with van der Waals surface area (Å²) < 4.78 is 1.64. The second kappa shape index (κ2) is 4.57. The highest BCUT2D eigenvalue weighted by Crippen LogP contribution is 2.19. The fraction of sp³-hybridized carbons (Fsp3) is 0.364. The molecule has 2 aromatic heterocycles. The zero-order valence-corrected chi connectivity index (χ0v) is 10.1. The Morgan fingerprint density at radius 1 is 1.56 bits per heavy atom. The van der Waals surface area contributed by atoms with Crippen molar-refractivity contribution in [1.29, 1.82) is 0 Å². The second-order valence-corrected chi connectivity index (χ2v) is 4.44. The first-order chi connectivity index (χ1) is 7.72. The molecule has 0 aliphatic heterocycles. The molecular weight excluding hydrogens is 222 g/mol. The Kier molecular flexibility index (Phi) is 3.14. The Morgan fingerprint density at radius 2 is 2.38 bits per heavy atom. The van der Waals surface area contributed by atoms with Crippen LogP contribution in [-0.2, 0) is 19.9 Å². The first kappa shape index (κ1) is 11.0. The van der Waals surface area contributed by atoms with Gasteiger partial charge in [-0.3, -0.25) is 9.48 Å². The Bertz CT molecular complexity index is 501. The number of carbonyl (C=O) groups is 1. The van der Waals surface area contributed by atoms with E-state index in [2.05, 4.69) is 17.0 Å². The minimum Gasteiger partial charge on any atom is -0.293 e. The van der Waals surface area contributed by atoms with Crippen LogP contribution in [-0.4, -0.2) is 20.5 Å². The third kappa shape index (κ3) is 2.04. The molecule has 2 aromatic rings. The SMILES string of the molecule is CCc1ccsc1C(=O)Cc1ncnn1C. The van der Waals surface area contributed by atoms with Crippen LogP contribution in [0.5, 0.6) is 0 Å². The van der Waals surface area contributed by atoms with Crippen molar-refractivity contribution in [3.8, 4) is 0 Å². The third-order valence-electron chi connectivity index (χ3n) is 2.50. The zero-order valence-electron chi connectivity index (χ0n) is 9.30. The van der Waals surface area contributed by atoms with Gasteiger partial charge in [0.2, 0.25) is 0 Å². The lowest BCUT2D eigenvalue weighted by molar-refractivity contribution is 0.0992. The van der Waals surface area contributed by atoms with Crippen LogP contribution in [0.1, 0.15) is 28.0 Å². The molecule has 0 saturated heterocycles. The quantitative estimate of drug-likeness (QED) is 0.760. The number of hydrogen-bond acceptors (Lipinski definition) is 4. The van der Waals surface area contributed by atoms with E-state index < -0.39 is 0 Å². The first-order valence-corrected chi connectivity index (χ1v) is 6.02. The van der Waals surface area contributed by atoms with Crippen LogP contribution in [0.25, 0.3) is 0 Å². The Balaban J connectivity index is 2.18. The molecule has 0 radical (unpaired) electrons. The normalized spacial score (nSPS) is 10.6. The van der Waals surface area contributed by atoms with Gasteiger partial charge in [-0.2, -0.15) is 5.10 Å². The summed E-state index contributed by atoms with van der Waals surface area (Å²) >= 11 is 1.50. The van der Waals surface area contributed by atoms with Gasteiger partial charge in [0.1, 0.15) is 12.2 Å². The van der Waals surface area contributed by atoms with Crippen LogP contribution >= 0.6 is 11.3 Å². The standard InChI is InChI=1S/C11H13N3OS/c1-3-8-4-5-16-11(8)9(15)6-10-12-7-13-14(10)2/h4-5,7H,3,6H2,1-2H3. The highest BCUT2D eigenvalue weighted by molar-refractivity contribution is 7.12. The molecule has 0 aliphatic carbocycles. The molecule has 0 atom stereocenters. The molecule has 0 unspecified atom stereocenters. The van der Waals surface area contributed by atoms with Crippen molar-refractivity contribution >= 4 is 17.1 Å². The van der Waals surface area contributed by atoms with E-state index in [4.69, 9.17) is 0 Å². The molecule has 0 amide bonds. The molecule has 0 fully saturated rings. The summed E-state index contributed by atoms with van der Waals surface area (Å²) in [5.41, 5.74) is 1.12. The number of ketones is 1. The van der Waals surface area contributed by atoms with Gasteiger partial charge in [-0.25, -0.2) is 4.98 Å². The Morgan fingerprint density at radius 3 is 3.00 bits per heavy atom. The van der Waals surface area contributed by atoms with E-state index >= 15 is 0 Å². The summed E-state index contributed by atoms with van der Waals surface area (Å²) in [5, 5.41) is 5.91. The average Bonchev–Trinajstić information content (AvgIpc) is 2.87. The number of Topliss-reactive ketones (excluding diaryl/α,β-unsaturated/α-hetero) is 1. The Labute approximate surface area is 97.9 Å². The van der Waals surface area contributed by atoms with E-state index in [0.717, 1.165) is 16.9 Å². The summed E-state index contributed by atoms with van der Waals surface area (Å²) in [7, 11) is 1.80. The number of carbonyl (C=O) groups excluding carboxylic acids is 1. The van der Waals surface area contributed by atoms with Crippen molar-refractivity contribution < 1.29 is 4.79 Å². The lowest BCUT2D eigenvalue weighted by Crippen LogP contribution is -2.09. The molecule has 0 saturated carbocycles. The number of thiophene rings is 1. The average molecular weight is 235 g/mol. The van der Waals surface area contributed by atoms with Crippen molar-refractivity contribution in [2.45, 2.75) is 19.8 Å².